The van der Waals surface area contributed by atoms with E-state index in [1.54, 1.807) is 7.05 Å². The molecule has 0 saturated carbocycles. The SMILES string of the molecule is CCCCOCCOCCNC(=NC)NCCc1ccncc1C. The fourth-order valence-electron chi connectivity index (χ4n) is 2.13. The summed E-state index contributed by atoms with van der Waals surface area (Å²) in [6.07, 6.45) is 6.95. The van der Waals surface area contributed by atoms with Gasteiger partial charge in [-0.05, 0) is 37.0 Å². The Hall–Kier alpha value is -1.66. The van der Waals surface area contributed by atoms with E-state index in [9.17, 15) is 0 Å². The Morgan fingerprint density at radius 3 is 2.58 bits per heavy atom. The maximum absolute atomic E-state index is 5.52. The van der Waals surface area contributed by atoms with Gasteiger partial charge in [-0.15, -0.1) is 0 Å². The third kappa shape index (κ3) is 9.47. The number of pyridine rings is 1. The van der Waals surface area contributed by atoms with Crippen LogP contribution in [0.15, 0.2) is 23.5 Å². The third-order valence-corrected chi connectivity index (χ3v) is 3.60. The van der Waals surface area contributed by atoms with Crippen LogP contribution in [0.25, 0.3) is 0 Å². The molecule has 1 heterocycles. The maximum atomic E-state index is 5.52. The molecule has 0 aliphatic carbocycles. The van der Waals surface area contributed by atoms with E-state index in [1.807, 2.05) is 12.4 Å². The number of aromatic nitrogens is 1. The monoisotopic (exact) mass is 336 g/mol. The highest BCUT2D eigenvalue weighted by Gasteiger charge is 2.00. The van der Waals surface area contributed by atoms with Gasteiger partial charge < -0.3 is 20.1 Å². The average molecular weight is 336 g/mol. The fourth-order valence-corrected chi connectivity index (χ4v) is 2.13. The molecule has 0 unspecified atom stereocenters. The van der Waals surface area contributed by atoms with Gasteiger partial charge in [-0.25, -0.2) is 0 Å². The van der Waals surface area contributed by atoms with Crippen molar-refractivity contribution >= 4 is 5.96 Å². The van der Waals surface area contributed by atoms with Gasteiger partial charge in [0.1, 0.15) is 0 Å². The van der Waals surface area contributed by atoms with Crippen LogP contribution in [0.3, 0.4) is 0 Å². The van der Waals surface area contributed by atoms with Crippen LogP contribution >= 0.6 is 0 Å². The molecule has 0 aliphatic heterocycles. The number of hydrogen-bond donors (Lipinski definition) is 2. The molecule has 1 aromatic heterocycles. The molecule has 1 aromatic rings. The Labute approximate surface area is 146 Å². The molecule has 0 amide bonds. The van der Waals surface area contributed by atoms with E-state index in [0.29, 0.717) is 19.8 Å². The number of nitrogens with one attached hydrogen (secondary N) is 2. The lowest BCUT2D eigenvalue weighted by atomic mass is 10.1. The zero-order chi connectivity index (χ0) is 17.5. The van der Waals surface area contributed by atoms with Crippen LogP contribution in [-0.4, -0.2) is 57.5 Å². The van der Waals surface area contributed by atoms with Gasteiger partial charge in [0, 0.05) is 39.1 Å². The molecule has 1 rings (SSSR count). The van der Waals surface area contributed by atoms with Crippen LogP contribution in [0.1, 0.15) is 30.9 Å². The topological polar surface area (TPSA) is 67.8 Å². The first-order chi connectivity index (χ1) is 11.8. The van der Waals surface area contributed by atoms with Crippen molar-refractivity contribution in [2.24, 2.45) is 4.99 Å². The van der Waals surface area contributed by atoms with Gasteiger partial charge in [-0.1, -0.05) is 13.3 Å². The predicted molar refractivity (Wildman–Crippen MR) is 98.6 cm³/mol. The summed E-state index contributed by atoms with van der Waals surface area (Å²) in [5.41, 5.74) is 2.52. The number of hydrogen-bond acceptors (Lipinski definition) is 4. The molecule has 136 valence electrons. The Kier molecular flexibility index (Phi) is 11.7. The van der Waals surface area contributed by atoms with E-state index < -0.39 is 0 Å². The number of rotatable bonds is 12. The van der Waals surface area contributed by atoms with Crippen LogP contribution in [0.5, 0.6) is 0 Å². The summed E-state index contributed by atoms with van der Waals surface area (Å²) in [6.45, 7) is 8.56. The summed E-state index contributed by atoms with van der Waals surface area (Å²) < 4.78 is 11.0. The molecule has 0 spiro atoms. The lowest BCUT2D eigenvalue weighted by molar-refractivity contribution is 0.0487. The van der Waals surface area contributed by atoms with Crippen molar-refractivity contribution in [3.05, 3.63) is 29.6 Å². The summed E-state index contributed by atoms with van der Waals surface area (Å²) in [4.78, 5) is 8.32. The summed E-state index contributed by atoms with van der Waals surface area (Å²) in [5.74, 6) is 0.796. The van der Waals surface area contributed by atoms with Crippen molar-refractivity contribution in [2.45, 2.75) is 33.1 Å². The second kappa shape index (κ2) is 13.7. The van der Waals surface area contributed by atoms with E-state index in [1.165, 1.54) is 11.1 Å². The fraction of sp³-hybridized carbons (Fsp3) is 0.667. The molecule has 0 aliphatic rings. The first-order valence-corrected chi connectivity index (χ1v) is 8.77. The number of unbranched alkanes of at least 4 members (excludes halogenated alkanes) is 1. The smallest absolute Gasteiger partial charge is 0.191 e. The largest absolute Gasteiger partial charge is 0.379 e. The second-order valence-electron chi connectivity index (χ2n) is 5.56. The standard InChI is InChI=1S/C18H32N4O2/c1-4-5-11-23-13-14-24-12-10-22-18(19-3)21-9-7-17-6-8-20-15-16(17)2/h6,8,15H,4-5,7,9-14H2,1-3H3,(H2,19,21,22). The lowest BCUT2D eigenvalue weighted by Gasteiger charge is -2.12. The molecule has 0 saturated heterocycles. The van der Waals surface area contributed by atoms with Gasteiger partial charge in [0.15, 0.2) is 5.96 Å². The number of nitrogens with zero attached hydrogens (tertiary/aromatic N) is 2. The van der Waals surface area contributed by atoms with Crippen molar-refractivity contribution in [2.75, 3.05) is 46.6 Å². The minimum Gasteiger partial charge on any atom is -0.379 e. The zero-order valence-electron chi connectivity index (χ0n) is 15.3. The maximum Gasteiger partial charge on any atom is 0.191 e. The lowest BCUT2D eigenvalue weighted by Crippen LogP contribution is -2.40. The Bertz CT molecular complexity index is 466. The highest BCUT2D eigenvalue weighted by Crippen LogP contribution is 2.04. The van der Waals surface area contributed by atoms with E-state index in [-0.39, 0.29) is 0 Å². The highest BCUT2D eigenvalue weighted by molar-refractivity contribution is 5.79. The van der Waals surface area contributed by atoms with Crippen molar-refractivity contribution in [3.63, 3.8) is 0 Å². The second-order valence-corrected chi connectivity index (χ2v) is 5.56. The van der Waals surface area contributed by atoms with E-state index >= 15 is 0 Å². The molecular formula is C18H32N4O2. The quantitative estimate of drug-likeness (QED) is 0.347. The molecule has 0 fully saturated rings. The Balaban J connectivity index is 2.04. The number of guanidine groups is 1. The molecule has 0 aromatic carbocycles. The number of aryl methyl sites for hydroxylation is 1. The van der Waals surface area contributed by atoms with Gasteiger partial charge in [-0.2, -0.15) is 0 Å². The van der Waals surface area contributed by atoms with Crippen LogP contribution in [-0.2, 0) is 15.9 Å². The van der Waals surface area contributed by atoms with Gasteiger partial charge >= 0.3 is 0 Å². The Morgan fingerprint density at radius 2 is 1.88 bits per heavy atom. The first kappa shape index (κ1) is 20.4. The molecule has 2 N–H and O–H groups in total. The third-order valence-electron chi connectivity index (χ3n) is 3.60. The minimum atomic E-state index is 0.638. The van der Waals surface area contributed by atoms with Crippen LogP contribution < -0.4 is 10.6 Å². The van der Waals surface area contributed by atoms with Crippen molar-refractivity contribution in [1.82, 2.24) is 15.6 Å². The highest BCUT2D eigenvalue weighted by atomic mass is 16.5. The predicted octanol–water partition coefficient (Wildman–Crippen LogP) is 1.93. The van der Waals surface area contributed by atoms with E-state index in [4.69, 9.17) is 9.47 Å². The molecule has 24 heavy (non-hydrogen) atoms. The van der Waals surface area contributed by atoms with Gasteiger partial charge in [0.2, 0.25) is 0 Å². The molecule has 0 atom stereocenters. The van der Waals surface area contributed by atoms with Crippen LogP contribution in [0.4, 0.5) is 0 Å². The zero-order valence-corrected chi connectivity index (χ0v) is 15.3. The summed E-state index contributed by atoms with van der Waals surface area (Å²) in [6, 6.07) is 2.06. The van der Waals surface area contributed by atoms with Gasteiger partial charge in [-0.3, -0.25) is 9.98 Å². The molecule has 0 radical (unpaired) electrons. The molecule has 6 nitrogen and oxygen atoms in total. The average Bonchev–Trinajstić information content (AvgIpc) is 2.60. The summed E-state index contributed by atoms with van der Waals surface area (Å²) >= 11 is 0. The molecule has 0 bridgehead atoms. The molecular weight excluding hydrogens is 304 g/mol. The van der Waals surface area contributed by atoms with Crippen molar-refractivity contribution in [1.29, 1.82) is 0 Å². The van der Waals surface area contributed by atoms with E-state index in [2.05, 4.69) is 40.5 Å². The van der Waals surface area contributed by atoms with Crippen molar-refractivity contribution < 1.29 is 9.47 Å². The van der Waals surface area contributed by atoms with Crippen LogP contribution in [0.2, 0.25) is 0 Å². The van der Waals surface area contributed by atoms with Gasteiger partial charge in [0.05, 0.1) is 19.8 Å². The molecule has 6 heteroatoms. The number of ether oxygens (including phenoxy) is 2. The summed E-state index contributed by atoms with van der Waals surface area (Å²) in [5, 5.41) is 6.55. The minimum absolute atomic E-state index is 0.638. The van der Waals surface area contributed by atoms with Crippen LogP contribution in [0, 0.1) is 6.92 Å². The normalized spacial score (nSPS) is 11.5. The number of aliphatic imine (C=N–C) groups is 1. The van der Waals surface area contributed by atoms with Gasteiger partial charge in [0.25, 0.3) is 0 Å². The van der Waals surface area contributed by atoms with E-state index in [0.717, 1.165) is 44.9 Å². The summed E-state index contributed by atoms with van der Waals surface area (Å²) in [7, 11) is 1.77. The first-order valence-electron chi connectivity index (χ1n) is 8.77. The Morgan fingerprint density at radius 1 is 1.12 bits per heavy atom. The van der Waals surface area contributed by atoms with Crippen molar-refractivity contribution in [3.8, 4) is 0 Å².